The number of amides is 2. The van der Waals surface area contributed by atoms with E-state index in [1.807, 2.05) is 51.1 Å². The van der Waals surface area contributed by atoms with E-state index < -0.39 is 5.25 Å². The lowest BCUT2D eigenvalue weighted by Crippen LogP contribution is -2.33. The van der Waals surface area contributed by atoms with Crippen molar-refractivity contribution in [3.63, 3.8) is 0 Å². The molecule has 2 aromatic carbocycles. The largest absolute Gasteiger partial charge is 0.326 e. The summed E-state index contributed by atoms with van der Waals surface area (Å²) in [5.74, 6) is -0.278. The lowest BCUT2D eigenvalue weighted by Gasteiger charge is -2.13. The molecule has 0 spiro atoms. The van der Waals surface area contributed by atoms with Crippen LogP contribution in [0, 0.1) is 13.8 Å². The van der Waals surface area contributed by atoms with Crippen molar-refractivity contribution in [1.82, 2.24) is 4.90 Å². The first-order valence-corrected chi connectivity index (χ1v) is 10.3. The highest BCUT2D eigenvalue weighted by Crippen LogP contribution is 2.32. The molecule has 1 unspecified atom stereocenters. The van der Waals surface area contributed by atoms with E-state index in [1.165, 1.54) is 11.8 Å². The number of aliphatic imine (C=N–C) groups is 1. The third kappa shape index (κ3) is 4.94. The Kier molecular flexibility index (Phi) is 6.42. The zero-order chi connectivity index (χ0) is 20.3. The highest BCUT2D eigenvalue weighted by Gasteiger charge is 2.38. The molecule has 0 saturated carbocycles. The van der Waals surface area contributed by atoms with E-state index >= 15 is 0 Å². The second-order valence-corrected chi connectivity index (χ2v) is 8.30. The van der Waals surface area contributed by atoms with Crippen LogP contribution in [-0.2, 0) is 9.59 Å². The molecule has 0 aliphatic carbocycles. The van der Waals surface area contributed by atoms with Crippen molar-refractivity contribution < 1.29 is 9.59 Å². The van der Waals surface area contributed by atoms with Crippen molar-refractivity contribution in [1.29, 1.82) is 0 Å². The van der Waals surface area contributed by atoms with Gasteiger partial charge in [0.1, 0.15) is 5.25 Å². The zero-order valence-electron chi connectivity index (χ0n) is 16.0. The Balaban J connectivity index is 1.72. The Morgan fingerprint density at radius 2 is 1.93 bits per heavy atom. The molecule has 0 bridgehead atoms. The smallest absolute Gasteiger partial charge is 0.242 e. The van der Waals surface area contributed by atoms with Gasteiger partial charge in [-0.05, 0) is 62.2 Å². The number of carbonyl (C=O) groups is 2. The van der Waals surface area contributed by atoms with Crippen molar-refractivity contribution in [2.75, 3.05) is 11.9 Å². The molecule has 1 heterocycles. The number of amidine groups is 1. The Morgan fingerprint density at radius 3 is 2.57 bits per heavy atom. The van der Waals surface area contributed by atoms with Gasteiger partial charge in [0, 0.05) is 23.7 Å². The van der Waals surface area contributed by atoms with Crippen LogP contribution in [0.1, 0.15) is 24.5 Å². The van der Waals surface area contributed by atoms with E-state index in [2.05, 4.69) is 10.3 Å². The molecule has 5 nitrogen and oxygen atoms in total. The van der Waals surface area contributed by atoms with E-state index in [0.717, 1.165) is 16.8 Å². The molecule has 1 aliphatic heterocycles. The Hall–Kier alpha value is -2.31. The lowest BCUT2D eigenvalue weighted by molar-refractivity contribution is -0.128. The molecule has 0 radical (unpaired) electrons. The second kappa shape index (κ2) is 8.80. The van der Waals surface area contributed by atoms with E-state index in [9.17, 15) is 9.59 Å². The average molecular weight is 416 g/mol. The fourth-order valence-corrected chi connectivity index (χ4v) is 4.51. The third-order valence-electron chi connectivity index (χ3n) is 4.25. The van der Waals surface area contributed by atoms with Crippen LogP contribution in [0.2, 0.25) is 5.02 Å². The number of benzene rings is 2. The van der Waals surface area contributed by atoms with Crippen molar-refractivity contribution in [2.45, 2.75) is 32.4 Å². The number of hydrogen-bond acceptors (Lipinski definition) is 4. The average Bonchev–Trinajstić information content (AvgIpc) is 2.88. The van der Waals surface area contributed by atoms with Gasteiger partial charge in [0.05, 0.1) is 5.69 Å². The van der Waals surface area contributed by atoms with Gasteiger partial charge in [-0.15, -0.1) is 0 Å². The number of hydrogen-bond donors (Lipinski definition) is 1. The molecule has 2 aromatic rings. The van der Waals surface area contributed by atoms with Gasteiger partial charge >= 0.3 is 0 Å². The molecule has 7 heteroatoms. The second-order valence-electron chi connectivity index (χ2n) is 6.69. The van der Waals surface area contributed by atoms with Crippen molar-refractivity contribution in [3.05, 3.63) is 58.6 Å². The fourth-order valence-electron chi connectivity index (χ4n) is 3.10. The van der Waals surface area contributed by atoms with Gasteiger partial charge < -0.3 is 5.32 Å². The van der Waals surface area contributed by atoms with E-state index in [-0.39, 0.29) is 18.2 Å². The normalized spacial score (nSPS) is 18.0. The summed E-state index contributed by atoms with van der Waals surface area (Å²) in [5, 5.41) is 3.60. The van der Waals surface area contributed by atoms with E-state index in [1.54, 1.807) is 17.0 Å². The molecule has 146 valence electrons. The van der Waals surface area contributed by atoms with Crippen LogP contribution in [0.15, 0.2) is 47.5 Å². The van der Waals surface area contributed by atoms with Crippen molar-refractivity contribution in [3.8, 4) is 0 Å². The predicted molar refractivity (Wildman–Crippen MR) is 116 cm³/mol. The maximum absolute atomic E-state index is 12.7. The maximum atomic E-state index is 12.7. The molecule has 1 fully saturated rings. The van der Waals surface area contributed by atoms with Crippen LogP contribution in [0.4, 0.5) is 11.4 Å². The lowest BCUT2D eigenvalue weighted by atomic mass is 10.1. The summed E-state index contributed by atoms with van der Waals surface area (Å²) in [6.07, 6.45) is 0.0988. The highest BCUT2D eigenvalue weighted by molar-refractivity contribution is 8.15. The van der Waals surface area contributed by atoms with Gasteiger partial charge in [0.2, 0.25) is 11.8 Å². The topological polar surface area (TPSA) is 61.8 Å². The van der Waals surface area contributed by atoms with Crippen molar-refractivity contribution >= 4 is 51.7 Å². The fraction of sp³-hybridized carbons (Fsp3) is 0.286. The van der Waals surface area contributed by atoms with Crippen LogP contribution in [0.5, 0.6) is 0 Å². The number of rotatable bonds is 5. The number of halogens is 1. The van der Waals surface area contributed by atoms with Gasteiger partial charge in [0.15, 0.2) is 5.17 Å². The van der Waals surface area contributed by atoms with Crippen LogP contribution < -0.4 is 5.32 Å². The van der Waals surface area contributed by atoms with Crippen LogP contribution in [0.25, 0.3) is 0 Å². The number of thioether (sulfide) groups is 1. The minimum Gasteiger partial charge on any atom is -0.326 e. The summed E-state index contributed by atoms with van der Waals surface area (Å²) in [5.41, 5.74) is 3.59. The predicted octanol–water partition coefficient (Wildman–Crippen LogP) is 4.94. The third-order valence-corrected chi connectivity index (χ3v) is 5.66. The number of nitrogens with one attached hydrogen (secondary N) is 1. The molecular weight excluding hydrogens is 394 g/mol. The monoisotopic (exact) mass is 415 g/mol. The maximum Gasteiger partial charge on any atom is 0.242 e. The molecule has 1 aliphatic rings. The first-order chi connectivity index (χ1) is 13.4. The molecule has 28 heavy (non-hydrogen) atoms. The highest BCUT2D eigenvalue weighted by atomic mass is 35.5. The number of anilines is 1. The van der Waals surface area contributed by atoms with Crippen LogP contribution in [-0.4, -0.2) is 33.7 Å². The first kappa shape index (κ1) is 20.4. The summed E-state index contributed by atoms with van der Waals surface area (Å²) in [6, 6.07) is 13.0. The minimum atomic E-state index is -0.483. The molecule has 1 N–H and O–H groups in total. The molecule has 1 atom stereocenters. The van der Waals surface area contributed by atoms with Crippen LogP contribution >= 0.6 is 23.4 Å². The Bertz CT molecular complexity index is 925. The SMILES string of the molecule is CCN1C(=O)C(CC(=O)Nc2cc(C)cc(C)c2)SC1=Nc1cccc(Cl)c1. The van der Waals surface area contributed by atoms with E-state index in [4.69, 9.17) is 11.6 Å². The Labute approximate surface area is 174 Å². The summed E-state index contributed by atoms with van der Waals surface area (Å²) >= 11 is 7.34. The van der Waals surface area contributed by atoms with Crippen molar-refractivity contribution in [2.24, 2.45) is 4.99 Å². The summed E-state index contributed by atoms with van der Waals surface area (Å²) in [7, 11) is 0. The molecule has 0 aromatic heterocycles. The first-order valence-electron chi connectivity index (χ1n) is 9.06. The number of nitrogens with zero attached hydrogens (tertiary/aromatic N) is 2. The number of aryl methyl sites for hydroxylation is 2. The molecule has 1 saturated heterocycles. The van der Waals surface area contributed by atoms with Gasteiger partial charge in [-0.25, -0.2) is 4.99 Å². The Morgan fingerprint density at radius 1 is 1.21 bits per heavy atom. The van der Waals surface area contributed by atoms with Gasteiger partial charge in [-0.2, -0.15) is 0 Å². The summed E-state index contributed by atoms with van der Waals surface area (Å²) in [4.78, 5) is 31.4. The summed E-state index contributed by atoms with van der Waals surface area (Å²) in [6.45, 7) is 6.36. The van der Waals surface area contributed by atoms with Gasteiger partial charge in [-0.3, -0.25) is 14.5 Å². The van der Waals surface area contributed by atoms with Crippen LogP contribution in [0.3, 0.4) is 0 Å². The van der Waals surface area contributed by atoms with E-state index in [0.29, 0.717) is 22.4 Å². The molecule has 3 rings (SSSR count). The quantitative estimate of drug-likeness (QED) is 0.752. The summed E-state index contributed by atoms with van der Waals surface area (Å²) < 4.78 is 0. The van der Waals surface area contributed by atoms with Gasteiger partial charge in [0.25, 0.3) is 0 Å². The standard InChI is InChI=1S/C21H22ClN3O2S/c1-4-25-20(27)18(28-21(25)24-16-7-5-6-15(22)11-16)12-19(26)23-17-9-13(2)8-14(3)10-17/h5-11,18H,4,12H2,1-3H3,(H,23,26). The molecular formula is C21H22ClN3O2S. The van der Waals surface area contributed by atoms with Gasteiger partial charge in [-0.1, -0.05) is 35.5 Å². The minimum absolute atomic E-state index is 0.0937. The zero-order valence-corrected chi connectivity index (χ0v) is 17.6. The number of carbonyl (C=O) groups excluding carboxylic acids is 2. The molecule has 2 amide bonds.